The summed E-state index contributed by atoms with van der Waals surface area (Å²) in [7, 11) is 0. The van der Waals surface area contributed by atoms with Crippen LogP contribution in [0.3, 0.4) is 0 Å². The number of benzene rings is 2. The topological polar surface area (TPSA) is 58.9 Å². The van der Waals surface area contributed by atoms with Crippen LogP contribution in [-0.2, 0) is 0 Å². The van der Waals surface area contributed by atoms with E-state index in [1.807, 2.05) is 97.1 Å². The fourth-order valence-electron chi connectivity index (χ4n) is 3.71. The second kappa shape index (κ2) is 8.20. The summed E-state index contributed by atoms with van der Waals surface area (Å²) in [6, 6.07) is 31.0. The zero-order chi connectivity index (χ0) is 21.0. The molecule has 31 heavy (non-hydrogen) atoms. The Kier molecular flexibility index (Phi) is 4.95. The summed E-state index contributed by atoms with van der Waals surface area (Å²) in [6.45, 7) is 0. The predicted molar refractivity (Wildman–Crippen MR) is 123 cm³/mol. The largest absolute Gasteiger partial charge is 0.505 e. The summed E-state index contributed by atoms with van der Waals surface area (Å²) in [4.78, 5) is 14.1. The fraction of sp³-hybridized carbons (Fsp3) is 0. The van der Waals surface area contributed by atoms with Gasteiger partial charge in [-0.2, -0.15) is 0 Å². The molecule has 0 unspecified atom stereocenters. The Morgan fingerprint density at radius 1 is 0.484 bits per heavy atom. The van der Waals surface area contributed by atoms with E-state index in [-0.39, 0.29) is 5.75 Å². The van der Waals surface area contributed by atoms with Crippen LogP contribution in [0, 0.1) is 0 Å². The number of pyridine rings is 3. The van der Waals surface area contributed by atoms with Gasteiger partial charge in [0.25, 0.3) is 0 Å². The Hall–Kier alpha value is -4.31. The highest BCUT2D eigenvalue weighted by Crippen LogP contribution is 2.46. The number of nitrogens with zero attached hydrogens (tertiary/aromatic N) is 3. The first kappa shape index (κ1) is 18.7. The van der Waals surface area contributed by atoms with E-state index >= 15 is 0 Å². The molecule has 5 rings (SSSR count). The van der Waals surface area contributed by atoms with Gasteiger partial charge >= 0.3 is 0 Å². The average Bonchev–Trinajstić information content (AvgIpc) is 2.86. The number of aromatic hydroxyl groups is 1. The Morgan fingerprint density at radius 3 is 1.61 bits per heavy atom. The molecule has 0 bridgehead atoms. The van der Waals surface area contributed by atoms with Crippen molar-refractivity contribution in [2.75, 3.05) is 0 Å². The Balaban J connectivity index is 1.93. The van der Waals surface area contributed by atoms with Crippen LogP contribution < -0.4 is 0 Å². The monoisotopic (exact) mass is 401 g/mol. The van der Waals surface area contributed by atoms with Crippen molar-refractivity contribution in [2.24, 2.45) is 0 Å². The van der Waals surface area contributed by atoms with Gasteiger partial charge in [-0.3, -0.25) is 9.97 Å². The Morgan fingerprint density at radius 2 is 1.03 bits per heavy atom. The molecule has 0 saturated carbocycles. The third-order valence-corrected chi connectivity index (χ3v) is 5.11. The molecule has 0 aliphatic carbocycles. The highest BCUT2D eigenvalue weighted by molar-refractivity contribution is 5.97. The van der Waals surface area contributed by atoms with Crippen LogP contribution in [-0.4, -0.2) is 20.1 Å². The molecule has 1 N–H and O–H groups in total. The summed E-state index contributed by atoms with van der Waals surface area (Å²) in [5.41, 5.74) is 5.80. The molecule has 4 nitrogen and oxygen atoms in total. The summed E-state index contributed by atoms with van der Waals surface area (Å²) in [6.07, 6.45) is 3.49. The van der Waals surface area contributed by atoms with Gasteiger partial charge in [-0.15, -0.1) is 0 Å². The van der Waals surface area contributed by atoms with Gasteiger partial charge in [0.05, 0.1) is 17.1 Å². The molecule has 148 valence electrons. The van der Waals surface area contributed by atoms with Gasteiger partial charge in [-0.05, 0) is 29.8 Å². The van der Waals surface area contributed by atoms with Crippen molar-refractivity contribution in [2.45, 2.75) is 0 Å². The summed E-state index contributed by atoms with van der Waals surface area (Å²) < 4.78 is 0. The molecule has 0 saturated heterocycles. The normalized spacial score (nSPS) is 10.7. The molecule has 4 heteroatoms. The van der Waals surface area contributed by atoms with Crippen LogP contribution in [0.2, 0.25) is 0 Å². The molecule has 3 heterocycles. The number of hydrogen-bond donors (Lipinski definition) is 1. The van der Waals surface area contributed by atoms with E-state index in [4.69, 9.17) is 4.98 Å². The lowest BCUT2D eigenvalue weighted by Crippen LogP contribution is -2.00. The minimum absolute atomic E-state index is 0.123. The van der Waals surface area contributed by atoms with Crippen molar-refractivity contribution < 1.29 is 5.11 Å². The van der Waals surface area contributed by atoms with Gasteiger partial charge in [-0.25, -0.2) is 4.98 Å². The van der Waals surface area contributed by atoms with Gasteiger partial charge in [-0.1, -0.05) is 72.8 Å². The van der Waals surface area contributed by atoms with Crippen LogP contribution >= 0.6 is 0 Å². The fourth-order valence-corrected chi connectivity index (χ4v) is 3.71. The molecule has 0 aliphatic rings. The molecule has 0 atom stereocenters. The second-order valence-corrected chi connectivity index (χ2v) is 7.07. The zero-order valence-electron chi connectivity index (χ0n) is 16.7. The standard InChI is InChI=1S/C27H19N3O/c31-27-23(19-11-3-1-4-12-19)24(21-15-7-9-17-28-21)26(22-16-8-10-18-29-22)30-25(27)20-13-5-2-6-14-20/h1-18,31H. The van der Waals surface area contributed by atoms with Gasteiger partial charge in [0.2, 0.25) is 0 Å². The molecule has 0 spiro atoms. The molecule has 2 aromatic carbocycles. The van der Waals surface area contributed by atoms with E-state index in [2.05, 4.69) is 9.97 Å². The van der Waals surface area contributed by atoms with Crippen molar-refractivity contribution in [3.05, 3.63) is 109 Å². The Labute approximate surface area is 180 Å². The number of hydrogen-bond acceptors (Lipinski definition) is 4. The third kappa shape index (κ3) is 3.55. The van der Waals surface area contributed by atoms with E-state index in [1.54, 1.807) is 12.4 Å². The molecule has 3 aromatic heterocycles. The molecule has 5 aromatic rings. The molecular formula is C27H19N3O. The van der Waals surface area contributed by atoms with Crippen molar-refractivity contribution in [3.8, 4) is 50.8 Å². The number of rotatable bonds is 4. The van der Waals surface area contributed by atoms with Gasteiger partial charge in [0, 0.05) is 29.1 Å². The van der Waals surface area contributed by atoms with Gasteiger partial charge in [0.1, 0.15) is 11.4 Å². The van der Waals surface area contributed by atoms with Crippen molar-refractivity contribution in [1.82, 2.24) is 15.0 Å². The first-order chi connectivity index (χ1) is 15.3. The summed E-state index contributed by atoms with van der Waals surface area (Å²) in [5.74, 6) is 0.123. The smallest absolute Gasteiger partial charge is 0.150 e. The van der Waals surface area contributed by atoms with E-state index in [9.17, 15) is 5.11 Å². The maximum atomic E-state index is 11.5. The first-order valence-corrected chi connectivity index (χ1v) is 10.0. The number of aromatic nitrogens is 3. The first-order valence-electron chi connectivity index (χ1n) is 10.0. The summed E-state index contributed by atoms with van der Waals surface area (Å²) in [5, 5.41) is 11.5. The van der Waals surface area contributed by atoms with E-state index < -0.39 is 0 Å². The predicted octanol–water partition coefficient (Wildman–Crippen LogP) is 6.25. The summed E-state index contributed by atoms with van der Waals surface area (Å²) >= 11 is 0. The van der Waals surface area contributed by atoms with Gasteiger partial charge in [0.15, 0.2) is 0 Å². The quantitative estimate of drug-likeness (QED) is 0.387. The van der Waals surface area contributed by atoms with Crippen LogP contribution in [0.4, 0.5) is 0 Å². The zero-order valence-corrected chi connectivity index (χ0v) is 16.7. The van der Waals surface area contributed by atoms with Crippen molar-refractivity contribution >= 4 is 0 Å². The molecular weight excluding hydrogens is 382 g/mol. The molecule has 0 amide bonds. The maximum Gasteiger partial charge on any atom is 0.150 e. The van der Waals surface area contributed by atoms with Crippen LogP contribution in [0.25, 0.3) is 45.0 Å². The highest BCUT2D eigenvalue weighted by Gasteiger charge is 2.24. The minimum atomic E-state index is 0.123. The lowest BCUT2D eigenvalue weighted by atomic mass is 9.91. The molecule has 0 fully saturated rings. The van der Waals surface area contributed by atoms with E-state index in [0.717, 1.165) is 28.1 Å². The highest BCUT2D eigenvalue weighted by atomic mass is 16.3. The average molecular weight is 401 g/mol. The van der Waals surface area contributed by atoms with Crippen molar-refractivity contribution in [3.63, 3.8) is 0 Å². The SMILES string of the molecule is Oc1c(-c2ccccc2)nc(-c2ccccn2)c(-c2ccccn2)c1-c1ccccc1. The maximum absolute atomic E-state index is 11.5. The Bertz CT molecular complexity index is 1310. The van der Waals surface area contributed by atoms with Crippen LogP contribution in [0.1, 0.15) is 0 Å². The van der Waals surface area contributed by atoms with Gasteiger partial charge < -0.3 is 5.11 Å². The third-order valence-electron chi connectivity index (χ3n) is 5.11. The van der Waals surface area contributed by atoms with Crippen molar-refractivity contribution in [1.29, 1.82) is 0 Å². The van der Waals surface area contributed by atoms with Crippen LogP contribution in [0.5, 0.6) is 5.75 Å². The minimum Gasteiger partial charge on any atom is -0.505 e. The molecule has 0 radical (unpaired) electrons. The van der Waals surface area contributed by atoms with E-state index in [0.29, 0.717) is 17.0 Å². The van der Waals surface area contributed by atoms with Crippen LogP contribution in [0.15, 0.2) is 109 Å². The second-order valence-electron chi connectivity index (χ2n) is 7.07. The van der Waals surface area contributed by atoms with E-state index in [1.165, 1.54) is 0 Å². The molecule has 0 aliphatic heterocycles. The lowest BCUT2D eigenvalue weighted by molar-refractivity contribution is 0.477. The lowest BCUT2D eigenvalue weighted by Gasteiger charge is -2.19.